The second kappa shape index (κ2) is 5.94. The lowest BCUT2D eigenvalue weighted by molar-refractivity contribution is 0.0497. The molecule has 0 aromatic heterocycles. The van der Waals surface area contributed by atoms with Crippen LogP contribution in [0.1, 0.15) is 32.4 Å². The smallest absolute Gasteiger partial charge is 0.486 e. The van der Waals surface area contributed by atoms with Crippen molar-refractivity contribution < 1.29 is 28.7 Å². The molecule has 0 unspecified atom stereocenters. The number of amides is 1. The molecule has 23 heavy (non-hydrogen) atoms. The highest BCUT2D eigenvalue weighted by molar-refractivity contribution is 6.62. The van der Waals surface area contributed by atoms with Crippen molar-refractivity contribution in [2.45, 2.75) is 32.5 Å². The Morgan fingerprint density at radius 3 is 2.87 bits per heavy atom. The molecule has 1 amide bonds. The third-order valence-electron chi connectivity index (χ3n) is 3.49. The summed E-state index contributed by atoms with van der Waals surface area (Å²) in [6.45, 7) is 6.46. The molecular formula is C15H20BNO6. The summed E-state index contributed by atoms with van der Waals surface area (Å²) in [6, 6.07) is 3.50. The third-order valence-corrected chi connectivity index (χ3v) is 3.49. The Morgan fingerprint density at radius 1 is 1.39 bits per heavy atom. The van der Waals surface area contributed by atoms with E-state index in [9.17, 15) is 9.82 Å². The van der Waals surface area contributed by atoms with Gasteiger partial charge < -0.3 is 29.2 Å². The number of rotatable bonds is 2. The zero-order valence-electron chi connectivity index (χ0n) is 13.4. The van der Waals surface area contributed by atoms with E-state index in [0.717, 1.165) is 0 Å². The van der Waals surface area contributed by atoms with Crippen LogP contribution in [0.5, 0.6) is 11.5 Å². The molecule has 0 radical (unpaired) electrons. The third kappa shape index (κ3) is 3.38. The average molecular weight is 321 g/mol. The molecule has 1 aromatic rings. The Labute approximate surface area is 135 Å². The summed E-state index contributed by atoms with van der Waals surface area (Å²) in [6.07, 6.45) is -1.06. The van der Waals surface area contributed by atoms with Gasteiger partial charge in [-0.15, -0.1) is 0 Å². The number of carbonyl (C=O) groups excluding carboxylic acids is 1. The predicted molar refractivity (Wildman–Crippen MR) is 83.1 cm³/mol. The summed E-state index contributed by atoms with van der Waals surface area (Å²) in [5.74, 6) is 1.19. The summed E-state index contributed by atoms with van der Waals surface area (Å²) in [5, 5.41) is 12.7. The maximum absolute atomic E-state index is 11.8. The van der Waals surface area contributed by atoms with Gasteiger partial charge in [-0.1, -0.05) is 6.07 Å². The van der Waals surface area contributed by atoms with Crippen LogP contribution in [0, 0.1) is 0 Å². The standard InChI is InChI=1S/C15H20BNO6/c1-15(2,3)22-14(18)17-8-11-12-9(16(19)23-11)4-5-10-13(12)21-7-6-20-10/h4-5,11,19H,6-8H2,1-3H3,(H,17,18)/t11-/m1/s1. The second-order valence-corrected chi connectivity index (χ2v) is 6.45. The normalized spacial score (nSPS) is 19.3. The number of benzene rings is 1. The predicted octanol–water partition coefficient (Wildman–Crippen LogP) is 0.741. The van der Waals surface area contributed by atoms with E-state index >= 15 is 0 Å². The van der Waals surface area contributed by atoms with E-state index in [1.807, 2.05) is 0 Å². The molecule has 1 aromatic carbocycles. The van der Waals surface area contributed by atoms with Gasteiger partial charge in [0.1, 0.15) is 18.8 Å². The lowest BCUT2D eigenvalue weighted by atomic mass is 9.79. The SMILES string of the molecule is CC(C)(C)OC(=O)NC[C@H]1OB(O)c2ccc3c(c21)OCCO3. The van der Waals surface area contributed by atoms with Crippen molar-refractivity contribution in [3.05, 3.63) is 17.7 Å². The van der Waals surface area contributed by atoms with Gasteiger partial charge in [0.2, 0.25) is 0 Å². The summed E-state index contributed by atoms with van der Waals surface area (Å²) in [4.78, 5) is 11.8. The monoisotopic (exact) mass is 321 g/mol. The van der Waals surface area contributed by atoms with E-state index in [0.29, 0.717) is 35.7 Å². The van der Waals surface area contributed by atoms with Gasteiger partial charge >= 0.3 is 13.2 Å². The Kier molecular flexibility index (Phi) is 4.12. The molecule has 0 fully saturated rings. The number of fused-ring (bicyclic) bond motifs is 3. The van der Waals surface area contributed by atoms with Crippen LogP contribution in [-0.2, 0) is 9.39 Å². The lowest BCUT2D eigenvalue weighted by Gasteiger charge is -2.24. The van der Waals surface area contributed by atoms with Crippen molar-refractivity contribution in [2.24, 2.45) is 0 Å². The molecule has 2 aliphatic rings. The first-order valence-corrected chi connectivity index (χ1v) is 7.58. The zero-order chi connectivity index (χ0) is 16.6. The number of hydrogen-bond donors (Lipinski definition) is 2. The van der Waals surface area contributed by atoms with Gasteiger partial charge in [0.25, 0.3) is 0 Å². The molecule has 124 valence electrons. The largest absolute Gasteiger partial charge is 0.492 e. The molecule has 2 N–H and O–H groups in total. The van der Waals surface area contributed by atoms with E-state index < -0.39 is 24.9 Å². The Hall–Kier alpha value is -1.93. The van der Waals surface area contributed by atoms with Gasteiger partial charge in [0.05, 0.1) is 6.10 Å². The molecule has 7 nitrogen and oxygen atoms in total. The fourth-order valence-corrected chi connectivity index (χ4v) is 2.64. The van der Waals surface area contributed by atoms with Gasteiger partial charge in [-0.05, 0) is 32.3 Å². The minimum atomic E-state index is -1.05. The Bertz CT molecular complexity index is 615. The van der Waals surface area contributed by atoms with Gasteiger partial charge in [-0.25, -0.2) is 4.79 Å². The Balaban J connectivity index is 1.76. The summed E-state index contributed by atoms with van der Waals surface area (Å²) < 4.78 is 22.0. The topological polar surface area (TPSA) is 86.3 Å². The molecular weight excluding hydrogens is 301 g/mol. The summed E-state index contributed by atoms with van der Waals surface area (Å²) in [5.41, 5.74) is 0.768. The maximum Gasteiger partial charge on any atom is 0.492 e. The fraction of sp³-hybridized carbons (Fsp3) is 0.533. The first-order valence-electron chi connectivity index (χ1n) is 7.58. The van der Waals surface area contributed by atoms with E-state index in [-0.39, 0.29) is 6.54 Å². The van der Waals surface area contributed by atoms with Crippen LogP contribution in [0.2, 0.25) is 0 Å². The van der Waals surface area contributed by atoms with E-state index in [1.54, 1.807) is 32.9 Å². The molecule has 3 rings (SSSR count). The van der Waals surface area contributed by atoms with Crippen molar-refractivity contribution in [1.29, 1.82) is 0 Å². The quantitative estimate of drug-likeness (QED) is 0.782. The van der Waals surface area contributed by atoms with Crippen molar-refractivity contribution in [3.8, 4) is 11.5 Å². The highest BCUT2D eigenvalue weighted by Crippen LogP contribution is 2.39. The van der Waals surface area contributed by atoms with E-state index in [4.69, 9.17) is 18.9 Å². The molecule has 1 atom stereocenters. The van der Waals surface area contributed by atoms with Crippen LogP contribution in [0.4, 0.5) is 4.79 Å². The van der Waals surface area contributed by atoms with Crippen LogP contribution in [0.25, 0.3) is 0 Å². The molecule has 0 spiro atoms. The minimum absolute atomic E-state index is 0.165. The maximum atomic E-state index is 11.8. The van der Waals surface area contributed by atoms with Gasteiger partial charge in [0, 0.05) is 12.1 Å². The Morgan fingerprint density at radius 2 is 2.13 bits per heavy atom. The number of nitrogens with one attached hydrogen (secondary N) is 1. The van der Waals surface area contributed by atoms with Crippen LogP contribution in [0.3, 0.4) is 0 Å². The minimum Gasteiger partial charge on any atom is -0.486 e. The highest BCUT2D eigenvalue weighted by atomic mass is 16.6. The van der Waals surface area contributed by atoms with Crippen molar-refractivity contribution in [1.82, 2.24) is 5.32 Å². The molecule has 0 bridgehead atoms. The van der Waals surface area contributed by atoms with Crippen molar-refractivity contribution in [3.63, 3.8) is 0 Å². The van der Waals surface area contributed by atoms with Crippen LogP contribution in [-0.4, -0.2) is 43.6 Å². The highest BCUT2D eigenvalue weighted by Gasteiger charge is 2.39. The van der Waals surface area contributed by atoms with E-state index in [2.05, 4.69) is 5.32 Å². The molecule has 2 aliphatic heterocycles. The first-order chi connectivity index (χ1) is 10.8. The lowest BCUT2D eigenvalue weighted by Crippen LogP contribution is -2.35. The van der Waals surface area contributed by atoms with Crippen molar-refractivity contribution >= 4 is 18.7 Å². The number of ether oxygens (including phenoxy) is 3. The average Bonchev–Trinajstić information content (AvgIpc) is 2.80. The van der Waals surface area contributed by atoms with Gasteiger partial charge in [0.15, 0.2) is 11.5 Å². The molecule has 8 heteroatoms. The van der Waals surface area contributed by atoms with Crippen molar-refractivity contribution in [2.75, 3.05) is 19.8 Å². The summed E-state index contributed by atoms with van der Waals surface area (Å²) >= 11 is 0. The second-order valence-electron chi connectivity index (χ2n) is 6.45. The number of hydrogen-bond acceptors (Lipinski definition) is 6. The first kappa shape index (κ1) is 16.0. The fourth-order valence-electron chi connectivity index (χ4n) is 2.64. The number of alkyl carbamates (subject to hydrolysis) is 1. The van der Waals surface area contributed by atoms with Gasteiger partial charge in [-0.2, -0.15) is 0 Å². The number of carbonyl (C=O) groups is 1. The van der Waals surface area contributed by atoms with Gasteiger partial charge in [-0.3, -0.25) is 0 Å². The van der Waals surface area contributed by atoms with E-state index in [1.165, 1.54) is 0 Å². The molecule has 0 aliphatic carbocycles. The van der Waals surface area contributed by atoms with Crippen LogP contribution < -0.4 is 20.3 Å². The summed E-state index contributed by atoms with van der Waals surface area (Å²) in [7, 11) is -1.05. The zero-order valence-corrected chi connectivity index (χ0v) is 13.4. The van der Waals surface area contributed by atoms with Crippen LogP contribution in [0.15, 0.2) is 12.1 Å². The molecule has 0 saturated heterocycles. The molecule has 2 heterocycles. The van der Waals surface area contributed by atoms with Crippen LogP contribution >= 0.6 is 0 Å². The molecule has 0 saturated carbocycles.